The highest BCUT2D eigenvalue weighted by atomic mass is 79.9. The summed E-state index contributed by atoms with van der Waals surface area (Å²) >= 11 is 9.51. The molecule has 1 aliphatic heterocycles. The summed E-state index contributed by atoms with van der Waals surface area (Å²) in [5.41, 5.74) is 0.514. The number of nitrogens with zero attached hydrogens (tertiary/aromatic N) is 4. The second kappa shape index (κ2) is 6.88. The molecule has 1 aromatic heterocycles. The molecular weight excluding hydrogens is 384 g/mol. The molecule has 1 aliphatic rings. The number of halogens is 2. The normalized spacial score (nSPS) is 15.1. The van der Waals surface area contributed by atoms with Crippen molar-refractivity contribution in [1.29, 1.82) is 0 Å². The number of anilines is 1. The largest absolute Gasteiger partial charge is 0.408 e. The highest BCUT2D eigenvalue weighted by Gasteiger charge is 2.26. The molecule has 2 aromatic rings. The minimum absolute atomic E-state index is 0.0595. The molecule has 0 aliphatic carbocycles. The molecule has 0 unspecified atom stereocenters. The van der Waals surface area contributed by atoms with Gasteiger partial charge < -0.3 is 14.2 Å². The molecule has 23 heavy (non-hydrogen) atoms. The first-order valence-electron chi connectivity index (χ1n) is 7.40. The lowest BCUT2D eigenvalue weighted by atomic mass is 10.2. The Bertz CT molecular complexity index is 713. The Hall–Kier alpha value is -1.60. The zero-order chi connectivity index (χ0) is 16.4. The quantitative estimate of drug-likeness (QED) is 0.794. The van der Waals surface area contributed by atoms with E-state index >= 15 is 0 Å². The van der Waals surface area contributed by atoms with Crippen LogP contribution in [0.4, 0.5) is 6.01 Å². The van der Waals surface area contributed by atoms with Crippen molar-refractivity contribution in [2.45, 2.75) is 13.3 Å². The van der Waals surface area contributed by atoms with Crippen molar-refractivity contribution in [3.8, 4) is 0 Å². The molecule has 2 heterocycles. The van der Waals surface area contributed by atoms with Gasteiger partial charge in [-0.1, -0.05) is 39.6 Å². The maximum atomic E-state index is 12.6. The molecule has 8 heteroatoms. The van der Waals surface area contributed by atoms with Gasteiger partial charge in [0.25, 0.3) is 5.91 Å². The van der Waals surface area contributed by atoms with Gasteiger partial charge in [0.05, 0.1) is 10.6 Å². The van der Waals surface area contributed by atoms with Crippen molar-refractivity contribution in [3.05, 3.63) is 39.1 Å². The lowest BCUT2D eigenvalue weighted by molar-refractivity contribution is 0.0745. The highest BCUT2D eigenvalue weighted by molar-refractivity contribution is 9.10. The SMILES string of the molecule is CCc1nnc(N2CCN(C(=O)c3cc(Br)ccc3Cl)CC2)o1. The average Bonchev–Trinajstić information content (AvgIpc) is 3.06. The number of piperazine rings is 1. The van der Waals surface area contributed by atoms with Crippen LogP contribution in [-0.2, 0) is 6.42 Å². The maximum absolute atomic E-state index is 12.6. The van der Waals surface area contributed by atoms with E-state index in [1.54, 1.807) is 17.0 Å². The number of carbonyl (C=O) groups excluding carboxylic acids is 1. The zero-order valence-electron chi connectivity index (χ0n) is 12.6. The minimum Gasteiger partial charge on any atom is -0.408 e. The van der Waals surface area contributed by atoms with Gasteiger partial charge in [-0.25, -0.2) is 0 Å². The number of carbonyl (C=O) groups is 1. The summed E-state index contributed by atoms with van der Waals surface area (Å²) in [4.78, 5) is 16.4. The fraction of sp³-hybridized carbons (Fsp3) is 0.400. The van der Waals surface area contributed by atoms with E-state index in [0.717, 1.165) is 4.47 Å². The molecule has 0 saturated carbocycles. The second-order valence-corrected chi connectivity index (χ2v) is 6.56. The van der Waals surface area contributed by atoms with Gasteiger partial charge in [0, 0.05) is 37.1 Å². The monoisotopic (exact) mass is 398 g/mol. The molecule has 1 aromatic carbocycles. The number of rotatable bonds is 3. The van der Waals surface area contributed by atoms with Gasteiger partial charge in [-0.2, -0.15) is 0 Å². The molecule has 0 atom stereocenters. The number of benzene rings is 1. The van der Waals surface area contributed by atoms with Crippen molar-refractivity contribution in [1.82, 2.24) is 15.1 Å². The van der Waals surface area contributed by atoms with E-state index in [4.69, 9.17) is 16.0 Å². The molecule has 1 fully saturated rings. The van der Waals surface area contributed by atoms with Crippen LogP contribution in [0, 0.1) is 0 Å². The van der Waals surface area contributed by atoms with Gasteiger partial charge in [-0.15, -0.1) is 5.10 Å². The van der Waals surface area contributed by atoms with Crippen LogP contribution >= 0.6 is 27.5 Å². The Morgan fingerprint density at radius 3 is 2.70 bits per heavy atom. The molecule has 0 N–H and O–H groups in total. The van der Waals surface area contributed by atoms with Gasteiger partial charge in [0.15, 0.2) is 0 Å². The topological polar surface area (TPSA) is 62.5 Å². The number of aromatic nitrogens is 2. The van der Waals surface area contributed by atoms with Crippen molar-refractivity contribution in [3.63, 3.8) is 0 Å². The van der Waals surface area contributed by atoms with Crippen LogP contribution in [0.15, 0.2) is 27.1 Å². The zero-order valence-corrected chi connectivity index (χ0v) is 15.0. The molecule has 1 saturated heterocycles. The third-order valence-corrected chi connectivity index (χ3v) is 4.58. The lowest BCUT2D eigenvalue weighted by Gasteiger charge is -2.33. The second-order valence-electron chi connectivity index (χ2n) is 5.24. The summed E-state index contributed by atoms with van der Waals surface area (Å²) in [6, 6.07) is 5.81. The predicted octanol–water partition coefficient (Wildman–Crippen LogP) is 3.01. The fourth-order valence-electron chi connectivity index (χ4n) is 2.45. The van der Waals surface area contributed by atoms with E-state index in [1.165, 1.54) is 0 Å². The highest BCUT2D eigenvalue weighted by Crippen LogP contribution is 2.23. The maximum Gasteiger partial charge on any atom is 0.318 e. The van der Waals surface area contributed by atoms with Crippen LogP contribution in [0.3, 0.4) is 0 Å². The molecule has 3 rings (SSSR count). The van der Waals surface area contributed by atoms with E-state index in [-0.39, 0.29) is 5.91 Å². The smallest absolute Gasteiger partial charge is 0.318 e. The molecule has 6 nitrogen and oxygen atoms in total. The number of hydrogen-bond donors (Lipinski definition) is 0. The van der Waals surface area contributed by atoms with Crippen molar-refractivity contribution >= 4 is 39.5 Å². The fourth-order valence-corrected chi connectivity index (χ4v) is 3.01. The molecule has 122 valence electrons. The Labute approximate surface area is 147 Å². The minimum atomic E-state index is -0.0595. The summed E-state index contributed by atoms with van der Waals surface area (Å²) < 4.78 is 6.40. The number of hydrogen-bond acceptors (Lipinski definition) is 5. The van der Waals surface area contributed by atoms with E-state index in [2.05, 4.69) is 26.1 Å². The third-order valence-electron chi connectivity index (χ3n) is 3.75. The predicted molar refractivity (Wildman–Crippen MR) is 90.9 cm³/mol. The van der Waals surface area contributed by atoms with Crippen LogP contribution in [0.25, 0.3) is 0 Å². The lowest BCUT2D eigenvalue weighted by Crippen LogP contribution is -2.49. The summed E-state index contributed by atoms with van der Waals surface area (Å²) in [6.07, 6.45) is 0.715. The summed E-state index contributed by atoms with van der Waals surface area (Å²) in [6.45, 7) is 4.46. The summed E-state index contributed by atoms with van der Waals surface area (Å²) in [5.74, 6) is 0.565. The Balaban J connectivity index is 1.66. The molecule has 0 spiro atoms. The molecule has 0 bridgehead atoms. The van der Waals surface area contributed by atoms with Crippen molar-refractivity contribution in [2.24, 2.45) is 0 Å². The van der Waals surface area contributed by atoms with Gasteiger partial charge >= 0.3 is 6.01 Å². The third kappa shape index (κ3) is 3.50. The van der Waals surface area contributed by atoms with Crippen molar-refractivity contribution < 1.29 is 9.21 Å². The Morgan fingerprint density at radius 2 is 2.04 bits per heavy atom. The van der Waals surface area contributed by atoms with E-state index in [0.29, 0.717) is 55.1 Å². The summed E-state index contributed by atoms with van der Waals surface area (Å²) in [7, 11) is 0. The Kier molecular flexibility index (Phi) is 4.87. The molecular formula is C15H16BrClN4O2. The number of aryl methyl sites for hydroxylation is 1. The first-order valence-corrected chi connectivity index (χ1v) is 8.57. The van der Waals surface area contributed by atoms with E-state index in [1.807, 2.05) is 17.9 Å². The van der Waals surface area contributed by atoms with Crippen molar-refractivity contribution in [2.75, 3.05) is 31.1 Å². The van der Waals surface area contributed by atoms with E-state index < -0.39 is 0 Å². The molecule has 0 radical (unpaired) electrons. The van der Waals surface area contributed by atoms with Crippen LogP contribution < -0.4 is 4.90 Å². The van der Waals surface area contributed by atoms with E-state index in [9.17, 15) is 4.79 Å². The van der Waals surface area contributed by atoms with Gasteiger partial charge in [-0.05, 0) is 18.2 Å². The van der Waals surface area contributed by atoms with Crippen LogP contribution in [-0.4, -0.2) is 47.2 Å². The summed E-state index contributed by atoms with van der Waals surface area (Å²) in [5, 5.41) is 8.48. The van der Waals surface area contributed by atoms with Gasteiger partial charge in [0.2, 0.25) is 5.89 Å². The average molecular weight is 400 g/mol. The first kappa shape index (κ1) is 16.3. The number of amides is 1. The van der Waals surface area contributed by atoms with Crippen LogP contribution in [0.5, 0.6) is 0 Å². The molecule has 1 amide bonds. The Morgan fingerprint density at radius 1 is 1.30 bits per heavy atom. The van der Waals surface area contributed by atoms with Gasteiger partial charge in [0.1, 0.15) is 0 Å². The van der Waals surface area contributed by atoms with Crippen LogP contribution in [0.1, 0.15) is 23.2 Å². The standard InChI is InChI=1S/C15H16BrClN4O2/c1-2-13-18-19-15(23-13)21-7-5-20(6-8-21)14(22)11-9-10(16)3-4-12(11)17/h3-4,9H,2,5-8H2,1H3. The van der Waals surface area contributed by atoms with Crippen LogP contribution in [0.2, 0.25) is 5.02 Å². The first-order chi connectivity index (χ1) is 11.1. The van der Waals surface area contributed by atoms with Gasteiger partial charge in [-0.3, -0.25) is 4.79 Å².